The van der Waals surface area contributed by atoms with Crippen LogP contribution in [0.25, 0.3) is 5.57 Å². The van der Waals surface area contributed by atoms with Crippen LogP contribution in [0.5, 0.6) is 0 Å². The second-order valence-corrected chi connectivity index (χ2v) is 8.45. The van der Waals surface area contributed by atoms with E-state index < -0.39 is 5.97 Å². The van der Waals surface area contributed by atoms with Gasteiger partial charge >= 0.3 is 5.97 Å². The van der Waals surface area contributed by atoms with Crippen molar-refractivity contribution in [2.75, 3.05) is 0 Å². The normalized spacial score (nSPS) is 12.1. The second kappa shape index (κ2) is 10.6. The maximum atomic E-state index is 12.1. The Labute approximate surface area is 186 Å². The number of aromatic nitrogens is 2. The number of nitrogens with zero attached hydrogens (tertiary/aromatic N) is 2. The van der Waals surface area contributed by atoms with Gasteiger partial charge in [0, 0.05) is 23.4 Å². The van der Waals surface area contributed by atoms with E-state index >= 15 is 0 Å². The van der Waals surface area contributed by atoms with Crippen molar-refractivity contribution in [3.8, 4) is 0 Å². The summed E-state index contributed by atoms with van der Waals surface area (Å²) < 4.78 is 2.15. The summed E-state index contributed by atoms with van der Waals surface area (Å²) in [5.74, 6) is 0.0961. The molecule has 0 atom stereocenters. The third kappa shape index (κ3) is 5.21. The van der Waals surface area contributed by atoms with Gasteiger partial charge in [-0.25, -0.2) is 9.78 Å². The number of hydrogen-bond acceptors (Lipinski definition) is 3. The Balaban J connectivity index is 2.13. The SMILES string of the molecule is CCCCc1ncc(/C(Cc2ccsc2)=C(\CC)C(=O)O)n1Cc1ccccc1Cl. The lowest BCUT2D eigenvalue weighted by Crippen LogP contribution is -2.13. The number of benzene rings is 1. The van der Waals surface area contributed by atoms with E-state index in [9.17, 15) is 9.90 Å². The van der Waals surface area contributed by atoms with Crippen LogP contribution in [0.4, 0.5) is 0 Å². The zero-order valence-corrected chi connectivity index (χ0v) is 19.0. The van der Waals surface area contributed by atoms with Gasteiger partial charge in [-0.1, -0.05) is 50.1 Å². The highest BCUT2D eigenvalue weighted by atomic mass is 35.5. The number of rotatable bonds is 10. The molecule has 0 saturated heterocycles. The van der Waals surface area contributed by atoms with Crippen LogP contribution in [-0.2, 0) is 24.2 Å². The van der Waals surface area contributed by atoms with E-state index in [2.05, 4.69) is 16.9 Å². The molecular formula is C24H27ClN2O2S. The van der Waals surface area contributed by atoms with Gasteiger partial charge in [0.15, 0.2) is 0 Å². The average Bonchev–Trinajstić information content (AvgIpc) is 3.37. The molecule has 4 nitrogen and oxygen atoms in total. The van der Waals surface area contributed by atoms with E-state index in [1.807, 2.05) is 48.8 Å². The summed E-state index contributed by atoms with van der Waals surface area (Å²) in [6, 6.07) is 9.83. The van der Waals surface area contributed by atoms with Gasteiger partial charge in [0.25, 0.3) is 0 Å². The van der Waals surface area contributed by atoms with E-state index in [0.717, 1.165) is 47.5 Å². The van der Waals surface area contributed by atoms with Gasteiger partial charge < -0.3 is 9.67 Å². The van der Waals surface area contributed by atoms with Gasteiger partial charge in [0.05, 0.1) is 18.4 Å². The minimum atomic E-state index is -0.872. The van der Waals surface area contributed by atoms with Crippen LogP contribution in [0.1, 0.15) is 55.8 Å². The zero-order chi connectivity index (χ0) is 21.5. The lowest BCUT2D eigenvalue weighted by Gasteiger charge is -2.17. The predicted molar refractivity (Wildman–Crippen MR) is 124 cm³/mol. The molecule has 3 aromatic rings. The summed E-state index contributed by atoms with van der Waals surface area (Å²) in [6.45, 7) is 4.62. The largest absolute Gasteiger partial charge is 0.478 e. The molecule has 6 heteroatoms. The van der Waals surface area contributed by atoms with Crippen LogP contribution in [0.3, 0.4) is 0 Å². The molecule has 0 aliphatic rings. The first-order chi connectivity index (χ1) is 14.5. The third-order valence-corrected chi connectivity index (χ3v) is 6.33. The fourth-order valence-corrected chi connectivity index (χ4v) is 4.47. The zero-order valence-electron chi connectivity index (χ0n) is 17.4. The van der Waals surface area contributed by atoms with Gasteiger partial charge in [-0.2, -0.15) is 11.3 Å². The smallest absolute Gasteiger partial charge is 0.331 e. The highest BCUT2D eigenvalue weighted by molar-refractivity contribution is 7.07. The molecule has 0 saturated carbocycles. The van der Waals surface area contributed by atoms with Gasteiger partial charge in [-0.15, -0.1) is 0 Å². The number of imidazole rings is 1. The number of carboxylic acid groups (broad SMARTS) is 1. The molecule has 2 heterocycles. The highest BCUT2D eigenvalue weighted by Gasteiger charge is 2.21. The van der Waals surface area contributed by atoms with Crippen molar-refractivity contribution in [2.45, 2.75) is 52.5 Å². The summed E-state index contributed by atoms with van der Waals surface area (Å²) in [5, 5.41) is 14.7. The Morgan fingerprint density at radius 3 is 2.67 bits per heavy atom. The Bertz CT molecular complexity index is 1020. The summed E-state index contributed by atoms with van der Waals surface area (Å²) in [4.78, 5) is 16.8. The van der Waals surface area contributed by atoms with Crippen LogP contribution in [0, 0.1) is 0 Å². The highest BCUT2D eigenvalue weighted by Crippen LogP contribution is 2.29. The fraction of sp³-hybridized carbons (Fsp3) is 0.333. The molecule has 0 aliphatic carbocycles. The molecule has 1 N–H and O–H groups in total. The third-order valence-electron chi connectivity index (χ3n) is 5.22. The Kier molecular flexibility index (Phi) is 7.88. The standard InChI is InChI=1S/C24H27ClN2O2S/c1-3-5-10-23-26-14-22(27(23)15-18-8-6-7-9-21(18)25)20(19(4-2)24(28)29)13-17-11-12-30-16-17/h6-9,11-12,14,16H,3-5,10,13,15H2,1-2H3,(H,28,29)/b20-19+. The van der Waals surface area contributed by atoms with Crippen LogP contribution in [0.2, 0.25) is 5.02 Å². The molecule has 0 spiro atoms. The van der Waals surface area contributed by atoms with Crippen LogP contribution in [0.15, 0.2) is 52.9 Å². The van der Waals surface area contributed by atoms with Crippen LogP contribution in [-0.4, -0.2) is 20.6 Å². The van der Waals surface area contributed by atoms with E-state index in [0.29, 0.717) is 30.0 Å². The number of carbonyl (C=O) groups is 1. The summed E-state index contributed by atoms with van der Waals surface area (Å²) >= 11 is 8.07. The molecule has 2 aromatic heterocycles. The van der Waals surface area contributed by atoms with E-state index in [1.54, 1.807) is 11.3 Å². The summed E-state index contributed by atoms with van der Waals surface area (Å²) in [5.41, 5.74) is 4.24. The minimum absolute atomic E-state index is 0.434. The van der Waals surface area contributed by atoms with E-state index in [4.69, 9.17) is 16.6 Å². The van der Waals surface area contributed by atoms with Crippen LogP contribution >= 0.6 is 22.9 Å². The maximum Gasteiger partial charge on any atom is 0.331 e. The van der Waals surface area contributed by atoms with Crippen molar-refractivity contribution in [3.05, 3.63) is 80.5 Å². The molecule has 30 heavy (non-hydrogen) atoms. The summed E-state index contributed by atoms with van der Waals surface area (Å²) in [7, 11) is 0. The fourth-order valence-electron chi connectivity index (χ4n) is 3.61. The van der Waals surface area contributed by atoms with E-state index in [-0.39, 0.29) is 0 Å². The van der Waals surface area contributed by atoms with Gasteiger partial charge in [0.2, 0.25) is 0 Å². The van der Waals surface area contributed by atoms with Gasteiger partial charge in [-0.3, -0.25) is 0 Å². The number of unbranched alkanes of at least 4 members (excludes halogenated alkanes) is 1. The monoisotopic (exact) mass is 442 g/mol. The number of carboxylic acids is 1. The lowest BCUT2D eigenvalue weighted by atomic mass is 9.97. The first-order valence-corrected chi connectivity index (χ1v) is 11.6. The van der Waals surface area contributed by atoms with Crippen LogP contribution < -0.4 is 0 Å². The maximum absolute atomic E-state index is 12.1. The Morgan fingerprint density at radius 1 is 1.23 bits per heavy atom. The quantitative estimate of drug-likeness (QED) is 0.365. The second-order valence-electron chi connectivity index (χ2n) is 7.26. The summed E-state index contributed by atoms with van der Waals surface area (Å²) in [6.07, 6.45) is 5.81. The number of aryl methyl sites for hydroxylation is 1. The number of aliphatic carboxylic acids is 1. The molecule has 0 aliphatic heterocycles. The molecule has 0 bridgehead atoms. The molecular weight excluding hydrogens is 416 g/mol. The van der Waals surface area contributed by atoms with Crippen molar-refractivity contribution < 1.29 is 9.90 Å². The molecule has 1 aromatic carbocycles. The minimum Gasteiger partial charge on any atom is -0.478 e. The van der Waals surface area contributed by atoms with E-state index in [1.165, 1.54) is 0 Å². The number of allylic oxidation sites excluding steroid dienone is 1. The number of halogens is 1. The number of hydrogen-bond donors (Lipinski definition) is 1. The predicted octanol–water partition coefficient (Wildman–Crippen LogP) is 6.48. The topological polar surface area (TPSA) is 55.1 Å². The lowest BCUT2D eigenvalue weighted by molar-refractivity contribution is -0.132. The number of thiophene rings is 1. The molecule has 0 unspecified atom stereocenters. The first-order valence-electron chi connectivity index (χ1n) is 10.3. The Hall–Kier alpha value is -2.37. The van der Waals surface area contributed by atoms with Gasteiger partial charge in [0.1, 0.15) is 5.82 Å². The first kappa shape index (κ1) is 22.3. The average molecular weight is 443 g/mol. The Morgan fingerprint density at radius 2 is 2.03 bits per heavy atom. The molecule has 3 rings (SSSR count). The van der Waals surface area contributed by atoms with Crippen molar-refractivity contribution in [1.82, 2.24) is 9.55 Å². The van der Waals surface area contributed by atoms with Crippen molar-refractivity contribution in [2.24, 2.45) is 0 Å². The van der Waals surface area contributed by atoms with Crippen molar-refractivity contribution >= 4 is 34.5 Å². The molecule has 0 amide bonds. The molecule has 158 valence electrons. The molecule has 0 radical (unpaired) electrons. The molecule has 0 fully saturated rings. The van der Waals surface area contributed by atoms with Gasteiger partial charge in [-0.05, 0) is 52.4 Å². The van der Waals surface area contributed by atoms with Crippen molar-refractivity contribution in [1.29, 1.82) is 0 Å². The van der Waals surface area contributed by atoms with Crippen molar-refractivity contribution in [3.63, 3.8) is 0 Å².